The quantitative estimate of drug-likeness (QED) is 0.163. The molecule has 0 bridgehead atoms. The van der Waals surface area contributed by atoms with Gasteiger partial charge in [0.1, 0.15) is 6.61 Å². The van der Waals surface area contributed by atoms with E-state index in [0.717, 1.165) is 56.3 Å². The summed E-state index contributed by atoms with van der Waals surface area (Å²) in [6.45, 7) is 18.3. The summed E-state index contributed by atoms with van der Waals surface area (Å²) < 4.78 is 10.4. The van der Waals surface area contributed by atoms with Crippen LogP contribution < -0.4 is 4.74 Å². The van der Waals surface area contributed by atoms with Crippen LogP contribution in [-0.4, -0.2) is 75.8 Å². The van der Waals surface area contributed by atoms with Gasteiger partial charge in [0.05, 0.1) is 25.0 Å². The van der Waals surface area contributed by atoms with Gasteiger partial charge in [0.25, 0.3) is 0 Å². The lowest BCUT2D eigenvalue weighted by Gasteiger charge is -2.55. The summed E-state index contributed by atoms with van der Waals surface area (Å²) in [6.07, 6.45) is 9.47. The standard InChI is InChI=1S/C26H44N2O4.C14H14O2/c1-7-10-15-27-16-13-21-17-23(12-14-26(21,31)20(27)5)28(25(30)19(4)9-3)22(11-8-2)18-24(29)32-6;1-11-7-8-14(13(15)9-11)16-10-12-5-3-2-4-6-12/h8-9,19-23,31H,2-3,7,10-18H2,1,4-6H3;2-9,15H,10H2,1H3/t19?,20-,21?,22?,23?,26?;/m1./s1. The second-order valence-electron chi connectivity index (χ2n) is 13.4. The second kappa shape index (κ2) is 18.8. The van der Waals surface area contributed by atoms with Gasteiger partial charge in [0, 0.05) is 18.1 Å². The van der Waals surface area contributed by atoms with E-state index in [1.165, 1.54) is 7.11 Å². The van der Waals surface area contributed by atoms with Crippen molar-refractivity contribution >= 4 is 11.9 Å². The van der Waals surface area contributed by atoms with Gasteiger partial charge < -0.3 is 24.6 Å². The second-order valence-corrected chi connectivity index (χ2v) is 13.4. The fraction of sp³-hybridized carbons (Fsp3) is 0.550. The highest BCUT2D eigenvalue weighted by Crippen LogP contribution is 2.45. The maximum atomic E-state index is 13.4. The summed E-state index contributed by atoms with van der Waals surface area (Å²) in [5.74, 6) is 0.178. The molecule has 5 unspecified atom stereocenters. The first-order valence-corrected chi connectivity index (χ1v) is 17.5. The molecule has 1 aliphatic carbocycles. The number of nitrogens with zero attached hydrogens (tertiary/aromatic N) is 2. The Bertz CT molecular complexity index is 1330. The normalized spacial score (nSPS) is 23.3. The van der Waals surface area contributed by atoms with Crippen molar-refractivity contribution in [2.75, 3.05) is 20.2 Å². The van der Waals surface area contributed by atoms with Crippen molar-refractivity contribution in [1.82, 2.24) is 9.80 Å². The smallest absolute Gasteiger partial charge is 0.307 e. The van der Waals surface area contributed by atoms with E-state index in [-0.39, 0.29) is 54.0 Å². The number of fused-ring (bicyclic) bond motifs is 1. The highest BCUT2D eigenvalue weighted by atomic mass is 16.5. The SMILES string of the molecule is C=CCC(CC(=O)OC)N(C(=O)C(C)C=C)C1CCC2(O)C(CCN(CCCC)[C@@H]2C)C1.Cc1ccc(OCc2ccccc2)c(O)c1. The Labute approximate surface area is 288 Å². The van der Waals surface area contributed by atoms with Crippen LogP contribution in [-0.2, 0) is 20.9 Å². The lowest BCUT2D eigenvalue weighted by Crippen LogP contribution is -2.64. The molecule has 2 aromatic carbocycles. The first kappa shape index (κ1) is 38.8. The highest BCUT2D eigenvalue weighted by Gasteiger charge is 2.52. The fourth-order valence-electron chi connectivity index (χ4n) is 7.16. The predicted octanol–water partition coefficient (Wildman–Crippen LogP) is 7.22. The van der Waals surface area contributed by atoms with Crippen molar-refractivity contribution in [3.05, 3.63) is 85.0 Å². The first-order chi connectivity index (χ1) is 23.0. The molecule has 1 saturated carbocycles. The Balaban J connectivity index is 0.000000324. The number of esters is 1. The zero-order chi connectivity index (χ0) is 35.3. The van der Waals surface area contributed by atoms with Crippen molar-refractivity contribution in [1.29, 1.82) is 0 Å². The molecule has 1 saturated heterocycles. The van der Waals surface area contributed by atoms with Crippen LogP contribution in [0.5, 0.6) is 11.5 Å². The topological polar surface area (TPSA) is 99.5 Å². The Morgan fingerprint density at radius 2 is 1.90 bits per heavy atom. The Kier molecular flexibility index (Phi) is 15.2. The summed E-state index contributed by atoms with van der Waals surface area (Å²) in [6, 6.07) is 15.1. The predicted molar refractivity (Wildman–Crippen MR) is 192 cm³/mol. The third kappa shape index (κ3) is 10.2. The van der Waals surface area contributed by atoms with E-state index in [2.05, 4.69) is 31.9 Å². The number of rotatable bonds is 14. The lowest BCUT2D eigenvalue weighted by molar-refractivity contribution is -0.161. The van der Waals surface area contributed by atoms with Crippen LogP contribution in [0.1, 0.15) is 83.3 Å². The number of likely N-dealkylation sites (tertiary alicyclic amines) is 1. The van der Waals surface area contributed by atoms with Crippen molar-refractivity contribution in [2.45, 2.75) is 109 Å². The molecule has 2 N–H and O–H groups in total. The third-order valence-corrected chi connectivity index (χ3v) is 10.2. The maximum Gasteiger partial charge on any atom is 0.307 e. The minimum absolute atomic E-state index is 0.0142. The molecule has 2 aliphatic rings. The Hall–Kier alpha value is -3.62. The van der Waals surface area contributed by atoms with Gasteiger partial charge >= 0.3 is 5.97 Å². The number of hydrogen-bond acceptors (Lipinski definition) is 7. The summed E-state index contributed by atoms with van der Waals surface area (Å²) in [5.41, 5.74) is 1.38. The fourth-order valence-corrected chi connectivity index (χ4v) is 7.16. The van der Waals surface area contributed by atoms with E-state index in [1.807, 2.05) is 55.1 Å². The Morgan fingerprint density at radius 3 is 2.52 bits per heavy atom. The van der Waals surface area contributed by atoms with E-state index in [0.29, 0.717) is 25.2 Å². The number of phenolic OH excluding ortho intramolecular Hbond substituents is 1. The van der Waals surface area contributed by atoms with Crippen molar-refractivity contribution in [2.24, 2.45) is 11.8 Å². The van der Waals surface area contributed by atoms with Crippen LogP contribution in [0.4, 0.5) is 0 Å². The molecular weight excluding hydrogens is 604 g/mol. The van der Waals surface area contributed by atoms with Crippen LogP contribution in [0.3, 0.4) is 0 Å². The van der Waals surface area contributed by atoms with Gasteiger partial charge in [-0.2, -0.15) is 0 Å². The maximum absolute atomic E-state index is 13.4. The molecule has 1 amide bonds. The van der Waals surface area contributed by atoms with Gasteiger partial charge in [-0.1, -0.05) is 68.8 Å². The molecule has 48 heavy (non-hydrogen) atoms. The number of phenols is 1. The molecule has 264 valence electrons. The van der Waals surface area contributed by atoms with Gasteiger partial charge in [-0.05, 0) is 94.6 Å². The van der Waals surface area contributed by atoms with Gasteiger partial charge in [-0.15, -0.1) is 13.2 Å². The van der Waals surface area contributed by atoms with Gasteiger partial charge in [0.2, 0.25) is 5.91 Å². The van der Waals surface area contributed by atoms with Gasteiger partial charge in [-0.3, -0.25) is 14.5 Å². The monoisotopic (exact) mass is 662 g/mol. The minimum Gasteiger partial charge on any atom is -0.504 e. The number of aromatic hydroxyl groups is 1. The van der Waals surface area contributed by atoms with Gasteiger partial charge in [-0.25, -0.2) is 0 Å². The highest BCUT2D eigenvalue weighted by molar-refractivity contribution is 5.81. The van der Waals surface area contributed by atoms with E-state index in [9.17, 15) is 19.8 Å². The lowest BCUT2D eigenvalue weighted by atomic mass is 9.65. The van der Waals surface area contributed by atoms with E-state index < -0.39 is 5.60 Å². The molecule has 1 aliphatic heterocycles. The number of hydrogen-bond donors (Lipinski definition) is 2. The van der Waals surface area contributed by atoms with Crippen molar-refractivity contribution < 1.29 is 29.3 Å². The zero-order valence-corrected chi connectivity index (χ0v) is 29.8. The number of methoxy groups -OCH3 is 1. The summed E-state index contributed by atoms with van der Waals surface area (Å²) in [5, 5.41) is 21.3. The summed E-state index contributed by atoms with van der Waals surface area (Å²) >= 11 is 0. The van der Waals surface area contributed by atoms with Crippen LogP contribution >= 0.6 is 0 Å². The Morgan fingerprint density at radius 1 is 1.17 bits per heavy atom. The van der Waals surface area contributed by atoms with Crippen LogP contribution in [0, 0.1) is 18.8 Å². The number of aliphatic hydroxyl groups is 1. The number of benzene rings is 2. The molecule has 8 heteroatoms. The molecule has 2 fully saturated rings. The van der Waals surface area contributed by atoms with Crippen LogP contribution in [0.25, 0.3) is 0 Å². The largest absolute Gasteiger partial charge is 0.504 e. The zero-order valence-electron chi connectivity index (χ0n) is 29.8. The minimum atomic E-state index is -0.725. The number of carbonyl (C=O) groups is 2. The number of aryl methyl sites for hydroxylation is 1. The van der Waals surface area contributed by atoms with E-state index in [4.69, 9.17) is 9.47 Å². The summed E-state index contributed by atoms with van der Waals surface area (Å²) in [4.78, 5) is 29.9. The number of carbonyl (C=O) groups excluding carboxylic acids is 2. The van der Waals surface area contributed by atoms with Crippen molar-refractivity contribution in [3.8, 4) is 11.5 Å². The van der Waals surface area contributed by atoms with E-state index >= 15 is 0 Å². The van der Waals surface area contributed by atoms with Gasteiger partial charge in [0.15, 0.2) is 11.5 Å². The number of unbranched alkanes of at least 4 members (excludes halogenated alkanes) is 1. The molecule has 8 nitrogen and oxygen atoms in total. The van der Waals surface area contributed by atoms with E-state index in [1.54, 1.807) is 24.3 Å². The third-order valence-electron chi connectivity index (χ3n) is 10.2. The van der Waals surface area contributed by atoms with Crippen molar-refractivity contribution in [3.63, 3.8) is 0 Å². The van der Waals surface area contributed by atoms with Crippen LogP contribution in [0.2, 0.25) is 0 Å². The molecule has 0 radical (unpaired) electrons. The first-order valence-electron chi connectivity index (χ1n) is 17.5. The number of amides is 1. The molecule has 4 rings (SSSR count). The number of ether oxygens (including phenoxy) is 2. The molecule has 1 heterocycles. The molecule has 0 spiro atoms. The molecular formula is C40H58N2O6. The average Bonchev–Trinajstić information content (AvgIpc) is 3.08. The van der Waals surface area contributed by atoms with Crippen LogP contribution in [0.15, 0.2) is 73.8 Å². The average molecular weight is 663 g/mol. The molecule has 6 atom stereocenters. The number of piperidine rings is 1. The summed E-state index contributed by atoms with van der Waals surface area (Å²) in [7, 11) is 1.38. The molecule has 2 aromatic rings. The molecule has 0 aromatic heterocycles.